The maximum Gasteiger partial charge on any atom is 0.325 e. The Morgan fingerprint density at radius 1 is 1.06 bits per heavy atom. The van der Waals surface area contributed by atoms with Gasteiger partial charge in [-0.1, -0.05) is 41.6 Å². The number of anilines is 1. The summed E-state index contributed by atoms with van der Waals surface area (Å²) in [5, 5.41) is 14.1. The van der Waals surface area contributed by atoms with E-state index in [4.69, 9.17) is 16.0 Å². The van der Waals surface area contributed by atoms with E-state index in [1.165, 1.54) is 11.8 Å². The van der Waals surface area contributed by atoms with Crippen LogP contribution in [-0.4, -0.2) is 32.0 Å². The molecule has 1 unspecified atom stereocenters. The molecule has 2 aromatic heterocycles. The molecule has 0 spiro atoms. The van der Waals surface area contributed by atoms with Crippen molar-refractivity contribution in [2.75, 3.05) is 5.32 Å². The zero-order valence-corrected chi connectivity index (χ0v) is 19.1. The van der Waals surface area contributed by atoms with Crippen molar-refractivity contribution >= 4 is 41.0 Å². The molecule has 3 amide bonds. The smallest absolute Gasteiger partial charge is 0.325 e. The van der Waals surface area contributed by atoms with Gasteiger partial charge in [-0.15, -0.1) is 10.2 Å². The molecule has 1 atom stereocenters. The van der Waals surface area contributed by atoms with E-state index in [1.807, 2.05) is 28.8 Å². The molecule has 0 bridgehead atoms. The predicted molar refractivity (Wildman–Crippen MR) is 127 cm³/mol. The first-order valence-electron chi connectivity index (χ1n) is 10.0. The van der Waals surface area contributed by atoms with Crippen LogP contribution in [0.3, 0.4) is 0 Å². The van der Waals surface area contributed by atoms with Crippen LogP contribution in [0.15, 0.2) is 82.6 Å². The highest BCUT2D eigenvalue weighted by molar-refractivity contribution is 8.00. The maximum atomic E-state index is 12.6. The van der Waals surface area contributed by atoms with Gasteiger partial charge in [0.1, 0.15) is 5.76 Å². The predicted octanol–water partition coefficient (Wildman–Crippen LogP) is 5.07. The Kier molecular flexibility index (Phi) is 7.11. The highest BCUT2D eigenvalue weighted by Gasteiger charge is 2.23. The fourth-order valence-corrected chi connectivity index (χ4v) is 3.97. The van der Waals surface area contributed by atoms with Crippen LogP contribution >= 0.6 is 23.4 Å². The highest BCUT2D eigenvalue weighted by Crippen LogP contribution is 2.28. The number of furan rings is 1. The zero-order valence-electron chi connectivity index (χ0n) is 17.6. The van der Waals surface area contributed by atoms with Gasteiger partial charge in [0, 0.05) is 16.3 Å². The molecule has 2 N–H and O–H groups in total. The summed E-state index contributed by atoms with van der Waals surface area (Å²) in [7, 11) is 0. The average molecular weight is 482 g/mol. The van der Waals surface area contributed by atoms with Crippen LogP contribution in [-0.2, 0) is 11.3 Å². The number of imide groups is 1. The van der Waals surface area contributed by atoms with Gasteiger partial charge in [0.15, 0.2) is 11.0 Å². The summed E-state index contributed by atoms with van der Waals surface area (Å²) in [4.78, 5) is 24.8. The summed E-state index contributed by atoms with van der Waals surface area (Å²) in [6.07, 6.45) is 1.59. The average Bonchev–Trinajstić information content (AvgIpc) is 3.46. The molecule has 0 aliphatic carbocycles. The molecule has 0 aliphatic heterocycles. The first-order chi connectivity index (χ1) is 16.0. The summed E-state index contributed by atoms with van der Waals surface area (Å²) in [5.41, 5.74) is 1.42. The van der Waals surface area contributed by atoms with E-state index in [0.29, 0.717) is 34.0 Å². The van der Waals surface area contributed by atoms with Crippen molar-refractivity contribution in [3.05, 3.63) is 83.8 Å². The SMILES string of the molecule is CC(Sc1nnc(-c2ccc(Cl)cc2)n1Cc1ccco1)C(=O)NC(=O)Nc1ccccc1. The minimum atomic E-state index is -0.607. The molecular formula is C23H20ClN5O3S. The summed E-state index contributed by atoms with van der Waals surface area (Å²) >= 11 is 7.21. The Labute approximate surface area is 199 Å². The Bertz CT molecular complexity index is 1230. The fourth-order valence-electron chi connectivity index (χ4n) is 3.00. The Morgan fingerprint density at radius 3 is 2.52 bits per heavy atom. The van der Waals surface area contributed by atoms with Crippen molar-refractivity contribution in [1.82, 2.24) is 20.1 Å². The van der Waals surface area contributed by atoms with E-state index in [2.05, 4.69) is 20.8 Å². The summed E-state index contributed by atoms with van der Waals surface area (Å²) < 4.78 is 7.36. The second-order valence-electron chi connectivity index (χ2n) is 7.05. The normalized spacial score (nSPS) is 11.7. The molecule has 0 radical (unpaired) electrons. The molecule has 0 saturated carbocycles. The number of aromatic nitrogens is 3. The number of thioether (sulfide) groups is 1. The number of urea groups is 1. The van der Waals surface area contributed by atoms with Gasteiger partial charge in [-0.3, -0.25) is 14.7 Å². The molecule has 8 nitrogen and oxygen atoms in total. The number of para-hydroxylation sites is 1. The number of hydrogen-bond acceptors (Lipinski definition) is 6. The minimum Gasteiger partial charge on any atom is -0.467 e. The molecule has 0 saturated heterocycles. The van der Waals surface area contributed by atoms with E-state index in [-0.39, 0.29) is 0 Å². The first kappa shape index (κ1) is 22.6. The van der Waals surface area contributed by atoms with E-state index >= 15 is 0 Å². The van der Waals surface area contributed by atoms with E-state index in [9.17, 15) is 9.59 Å². The Hall–Kier alpha value is -3.56. The number of rotatable bonds is 7. The first-order valence-corrected chi connectivity index (χ1v) is 11.3. The summed E-state index contributed by atoms with van der Waals surface area (Å²) in [5.74, 6) is 0.875. The topological polar surface area (TPSA) is 102 Å². The van der Waals surface area contributed by atoms with Crippen molar-refractivity contribution in [3.8, 4) is 11.4 Å². The third-order valence-corrected chi connectivity index (χ3v) is 5.97. The lowest BCUT2D eigenvalue weighted by Gasteiger charge is -2.13. The van der Waals surface area contributed by atoms with E-state index in [0.717, 1.165) is 5.56 Å². The molecule has 10 heteroatoms. The zero-order chi connectivity index (χ0) is 23.2. The van der Waals surface area contributed by atoms with Crippen molar-refractivity contribution in [2.45, 2.75) is 23.9 Å². The van der Waals surface area contributed by atoms with Crippen LogP contribution in [0.1, 0.15) is 12.7 Å². The monoisotopic (exact) mass is 481 g/mol. The van der Waals surface area contributed by atoms with Gasteiger partial charge >= 0.3 is 6.03 Å². The third-order valence-electron chi connectivity index (χ3n) is 4.63. The van der Waals surface area contributed by atoms with Gasteiger partial charge in [-0.2, -0.15) is 0 Å². The van der Waals surface area contributed by atoms with Gasteiger partial charge in [0.2, 0.25) is 5.91 Å². The number of halogens is 1. The number of carbonyl (C=O) groups is 2. The van der Waals surface area contributed by atoms with Crippen LogP contribution in [0.4, 0.5) is 10.5 Å². The van der Waals surface area contributed by atoms with Crippen LogP contribution in [0, 0.1) is 0 Å². The van der Waals surface area contributed by atoms with Crippen molar-refractivity contribution < 1.29 is 14.0 Å². The molecule has 0 fully saturated rings. The number of hydrogen-bond donors (Lipinski definition) is 2. The quantitative estimate of drug-likeness (QED) is 0.357. The summed E-state index contributed by atoms with van der Waals surface area (Å²) in [6.45, 7) is 2.08. The van der Waals surface area contributed by atoms with E-state index < -0.39 is 17.2 Å². The molecule has 2 heterocycles. The highest BCUT2D eigenvalue weighted by atomic mass is 35.5. The standard InChI is InChI=1S/C23H20ClN5O3S/c1-15(21(30)26-22(31)25-18-6-3-2-4-7-18)33-23-28-27-20(16-9-11-17(24)12-10-16)29(23)14-19-8-5-13-32-19/h2-13,15H,14H2,1H3,(H2,25,26,30,31). The number of benzene rings is 2. The lowest BCUT2D eigenvalue weighted by atomic mass is 10.2. The van der Waals surface area contributed by atoms with Crippen LogP contribution in [0.25, 0.3) is 11.4 Å². The van der Waals surface area contributed by atoms with Crippen molar-refractivity contribution in [1.29, 1.82) is 0 Å². The molecule has 168 valence electrons. The number of nitrogens with one attached hydrogen (secondary N) is 2. The van der Waals surface area contributed by atoms with E-state index in [1.54, 1.807) is 55.7 Å². The van der Waals surface area contributed by atoms with Crippen molar-refractivity contribution in [2.24, 2.45) is 0 Å². The number of nitrogens with zero attached hydrogens (tertiary/aromatic N) is 3. The molecule has 4 rings (SSSR count). The maximum absolute atomic E-state index is 12.6. The Balaban J connectivity index is 1.49. The molecule has 0 aliphatic rings. The summed E-state index contributed by atoms with van der Waals surface area (Å²) in [6, 6.07) is 19.2. The lowest BCUT2D eigenvalue weighted by molar-refractivity contribution is -0.119. The van der Waals surface area contributed by atoms with Crippen LogP contribution in [0.2, 0.25) is 5.02 Å². The second-order valence-corrected chi connectivity index (χ2v) is 8.79. The van der Waals surface area contributed by atoms with Crippen molar-refractivity contribution in [3.63, 3.8) is 0 Å². The third kappa shape index (κ3) is 5.82. The number of amides is 3. The van der Waals surface area contributed by atoms with Gasteiger partial charge < -0.3 is 9.73 Å². The molecule has 33 heavy (non-hydrogen) atoms. The van der Waals surface area contributed by atoms with Crippen LogP contribution < -0.4 is 10.6 Å². The number of carbonyl (C=O) groups excluding carboxylic acids is 2. The lowest BCUT2D eigenvalue weighted by Crippen LogP contribution is -2.39. The molecule has 2 aromatic carbocycles. The van der Waals surface area contributed by atoms with Gasteiger partial charge in [0.05, 0.1) is 18.1 Å². The molecule has 4 aromatic rings. The second kappa shape index (κ2) is 10.4. The Morgan fingerprint density at radius 2 is 1.82 bits per heavy atom. The van der Waals surface area contributed by atoms with Gasteiger partial charge in [-0.25, -0.2) is 4.79 Å². The largest absolute Gasteiger partial charge is 0.467 e. The van der Waals surface area contributed by atoms with Gasteiger partial charge in [-0.05, 0) is 55.5 Å². The fraction of sp³-hybridized carbons (Fsp3) is 0.130. The van der Waals surface area contributed by atoms with Crippen LogP contribution in [0.5, 0.6) is 0 Å². The molecular weight excluding hydrogens is 462 g/mol. The minimum absolute atomic E-state index is 0.378. The van der Waals surface area contributed by atoms with Gasteiger partial charge in [0.25, 0.3) is 0 Å².